The fourth-order valence-electron chi connectivity index (χ4n) is 4.79. The maximum absolute atomic E-state index is 13.1. The number of carbonyl (C=O) groups is 1. The third-order valence-electron chi connectivity index (χ3n) is 6.32. The highest BCUT2D eigenvalue weighted by molar-refractivity contribution is 5.99. The van der Waals surface area contributed by atoms with Gasteiger partial charge in [-0.05, 0) is 55.2 Å². The van der Waals surface area contributed by atoms with Gasteiger partial charge in [-0.1, -0.05) is 18.2 Å². The number of likely N-dealkylation sites (tertiary alicyclic amines) is 1. The highest BCUT2D eigenvalue weighted by atomic mass is 16.5. The van der Waals surface area contributed by atoms with Crippen LogP contribution >= 0.6 is 0 Å². The molecule has 1 N–H and O–H groups in total. The molecule has 1 unspecified atom stereocenters. The fourth-order valence-corrected chi connectivity index (χ4v) is 4.79. The zero-order chi connectivity index (χ0) is 22.1. The fraction of sp³-hybridized carbons (Fsp3) is 0.308. The highest BCUT2D eigenvalue weighted by Gasteiger charge is 2.30. The van der Waals surface area contributed by atoms with E-state index in [9.17, 15) is 4.79 Å². The Hall–Kier alpha value is -3.38. The van der Waals surface area contributed by atoms with Gasteiger partial charge in [0, 0.05) is 60.7 Å². The van der Waals surface area contributed by atoms with Crippen molar-refractivity contribution in [3.05, 3.63) is 77.6 Å². The number of aryl methyl sites for hydroxylation is 1. The molecule has 4 aromatic rings. The molecule has 1 saturated heterocycles. The van der Waals surface area contributed by atoms with Gasteiger partial charge in [-0.3, -0.25) is 9.78 Å². The number of methoxy groups -OCH3 is 1. The van der Waals surface area contributed by atoms with Crippen LogP contribution in [0.1, 0.15) is 46.3 Å². The van der Waals surface area contributed by atoms with Crippen molar-refractivity contribution in [2.24, 2.45) is 0 Å². The van der Waals surface area contributed by atoms with E-state index in [0.717, 1.165) is 30.5 Å². The number of ether oxygens (including phenoxy) is 1. The second kappa shape index (κ2) is 8.63. The van der Waals surface area contributed by atoms with Crippen molar-refractivity contribution in [2.75, 3.05) is 20.2 Å². The van der Waals surface area contributed by atoms with E-state index >= 15 is 0 Å². The predicted octanol–water partition coefficient (Wildman–Crippen LogP) is 5.30. The summed E-state index contributed by atoms with van der Waals surface area (Å²) in [5, 5.41) is 1.21. The Bertz CT molecular complexity index is 1240. The van der Waals surface area contributed by atoms with Crippen molar-refractivity contribution in [3.8, 4) is 11.1 Å². The standard InChI is InChI=1S/C26H27N3O3/c1-17-5-3-7-21-23(18-10-12-27-13-11-18)25(28-24(17)21)19-6-4-14-29(15-19)26(30)22-9-8-20(32-22)16-31-2/h3,5,7-13,19,28H,4,6,14-16H2,1-2H3. The number of piperidine rings is 1. The summed E-state index contributed by atoms with van der Waals surface area (Å²) in [7, 11) is 1.61. The molecule has 1 aliphatic heterocycles. The summed E-state index contributed by atoms with van der Waals surface area (Å²) in [4.78, 5) is 23.0. The number of furan rings is 1. The van der Waals surface area contributed by atoms with Crippen LogP contribution in [0.4, 0.5) is 0 Å². The normalized spacial score (nSPS) is 16.6. The largest absolute Gasteiger partial charge is 0.453 e. The lowest BCUT2D eigenvalue weighted by molar-refractivity contribution is 0.0666. The Morgan fingerprint density at radius 2 is 2.06 bits per heavy atom. The lowest BCUT2D eigenvalue weighted by Gasteiger charge is -2.32. The SMILES string of the molecule is COCc1ccc(C(=O)N2CCCC(c3[nH]c4c(C)cccc4c3-c3ccncc3)C2)o1. The minimum Gasteiger partial charge on any atom is -0.453 e. The smallest absolute Gasteiger partial charge is 0.289 e. The summed E-state index contributed by atoms with van der Waals surface area (Å²) in [5.41, 5.74) is 5.93. The first-order valence-corrected chi connectivity index (χ1v) is 11.0. The number of amides is 1. The Morgan fingerprint density at radius 1 is 1.22 bits per heavy atom. The maximum Gasteiger partial charge on any atom is 0.289 e. The van der Waals surface area contributed by atoms with Crippen molar-refractivity contribution < 1.29 is 13.9 Å². The van der Waals surface area contributed by atoms with Crippen molar-refractivity contribution in [1.29, 1.82) is 0 Å². The van der Waals surface area contributed by atoms with E-state index in [-0.39, 0.29) is 11.8 Å². The van der Waals surface area contributed by atoms with Gasteiger partial charge in [0.2, 0.25) is 0 Å². The molecular formula is C26H27N3O3. The molecule has 0 aliphatic carbocycles. The Kier molecular flexibility index (Phi) is 5.53. The van der Waals surface area contributed by atoms with Gasteiger partial charge in [-0.15, -0.1) is 0 Å². The van der Waals surface area contributed by atoms with E-state index in [1.54, 1.807) is 19.2 Å². The number of hydrogen-bond donors (Lipinski definition) is 1. The van der Waals surface area contributed by atoms with Crippen molar-refractivity contribution in [1.82, 2.24) is 14.9 Å². The van der Waals surface area contributed by atoms with Crippen LogP contribution in [0, 0.1) is 6.92 Å². The summed E-state index contributed by atoms with van der Waals surface area (Å²) in [6, 6.07) is 14.1. The summed E-state index contributed by atoms with van der Waals surface area (Å²) in [6.45, 7) is 3.88. The van der Waals surface area contributed by atoms with Gasteiger partial charge < -0.3 is 19.0 Å². The first kappa shape index (κ1) is 20.5. The number of benzene rings is 1. The summed E-state index contributed by atoms with van der Waals surface area (Å²) >= 11 is 0. The van der Waals surface area contributed by atoms with Crippen LogP contribution in [0.3, 0.4) is 0 Å². The van der Waals surface area contributed by atoms with Gasteiger partial charge in [0.1, 0.15) is 12.4 Å². The molecule has 1 aliphatic rings. The van der Waals surface area contributed by atoms with Gasteiger partial charge in [0.05, 0.1) is 0 Å². The van der Waals surface area contributed by atoms with Crippen LogP contribution in [0.5, 0.6) is 0 Å². The molecule has 1 fully saturated rings. The number of H-pyrrole nitrogens is 1. The Labute approximate surface area is 187 Å². The number of para-hydroxylation sites is 1. The zero-order valence-corrected chi connectivity index (χ0v) is 18.4. The summed E-state index contributed by atoms with van der Waals surface area (Å²) < 4.78 is 10.8. The molecule has 0 saturated carbocycles. The molecule has 0 radical (unpaired) electrons. The van der Waals surface area contributed by atoms with Crippen LogP contribution in [0.15, 0.2) is 59.3 Å². The maximum atomic E-state index is 13.1. The van der Waals surface area contributed by atoms with Crippen molar-refractivity contribution >= 4 is 16.8 Å². The van der Waals surface area contributed by atoms with Gasteiger partial charge in [0.15, 0.2) is 5.76 Å². The number of rotatable bonds is 5. The van der Waals surface area contributed by atoms with Crippen LogP contribution in [0.25, 0.3) is 22.0 Å². The molecule has 6 heteroatoms. The third kappa shape index (κ3) is 3.71. The number of fused-ring (bicyclic) bond motifs is 1. The highest BCUT2D eigenvalue weighted by Crippen LogP contribution is 2.40. The lowest BCUT2D eigenvalue weighted by atomic mass is 9.89. The van der Waals surface area contributed by atoms with Crippen LogP contribution in [-0.4, -0.2) is 41.0 Å². The Morgan fingerprint density at radius 3 is 2.88 bits per heavy atom. The molecule has 1 atom stereocenters. The Balaban J connectivity index is 1.50. The van der Waals surface area contributed by atoms with E-state index in [4.69, 9.17) is 9.15 Å². The molecule has 1 amide bonds. The monoisotopic (exact) mass is 429 g/mol. The predicted molar refractivity (Wildman–Crippen MR) is 124 cm³/mol. The van der Waals surface area contributed by atoms with Gasteiger partial charge in [-0.2, -0.15) is 0 Å². The second-order valence-corrected chi connectivity index (χ2v) is 8.44. The second-order valence-electron chi connectivity index (χ2n) is 8.44. The average Bonchev–Trinajstić information content (AvgIpc) is 3.45. The minimum absolute atomic E-state index is 0.0604. The van der Waals surface area contributed by atoms with Crippen LogP contribution in [-0.2, 0) is 11.3 Å². The van der Waals surface area contributed by atoms with E-state index in [1.165, 1.54) is 22.2 Å². The van der Waals surface area contributed by atoms with Crippen molar-refractivity contribution in [2.45, 2.75) is 32.3 Å². The van der Waals surface area contributed by atoms with Gasteiger partial charge >= 0.3 is 0 Å². The van der Waals surface area contributed by atoms with E-state index < -0.39 is 0 Å². The molecule has 0 bridgehead atoms. The molecule has 5 rings (SSSR count). The van der Waals surface area contributed by atoms with Crippen LogP contribution < -0.4 is 0 Å². The molecule has 164 valence electrons. The minimum atomic E-state index is -0.0604. The molecule has 0 spiro atoms. The number of aromatic amines is 1. The number of nitrogens with zero attached hydrogens (tertiary/aromatic N) is 2. The van der Waals surface area contributed by atoms with Gasteiger partial charge in [0.25, 0.3) is 5.91 Å². The van der Waals surface area contributed by atoms with Crippen molar-refractivity contribution in [3.63, 3.8) is 0 Å². The third-order valence-corrected chi connectivity index (χ3v) is 6.32. The molecule has 4 heterocycles. The average molecular weight is 430 g/mol. The molecule has 3 aromatic heterocycles. The lowest BCUT2D eigenvalue weighted by Crippen LogP contribution is -2.39. The van der Waals surface area contributed by atoms with E-state index in [0.29, 0.717) is 24.7 Å². The van der Waals surface area contributed by atoms with Gasteiger partial charge in [-0.25, -0.2) is 0 Å². The number of aromatic nitrogens is 2. The molecule has 6 nitrogen and oxygen atoms in total. The first-order chi connectivity index (χ1) is 15.7. The quantitative estimate of drug-likeness (QED) is 0.467. The number of pyridine rings is 1. The van der Waals surface area contributed by atoms with E-state index in [1.807, 2.05) is 17.3 Å². The van der Waals surface area contributed by atoms with E-state index in [2.05, 4.69) is 47.2 Å². The summed E-state index contributed by atoms with van der Waals surface area (Å²) in [6.07, 6.45) is 5.64. The zero-order valence-electron chi connectivity index (χ0n) is 18.4. The topological polar surface area (TPSA) is 71.4 Å². The molecular weight excluding hydrogens is 402 g/mol. The molecule has 1 aromatic carbocycles. The number of hydrogen-bond acceptors (Lipinski definition) is 4. The molecule has 32 heavy (non-hydrogen) atoms. The summed E-state index contributed by atoms with van der Waals surface area (Å²) in [5.74, 6) is 1.20. The number of carbonyl (C=O) groups excluding carboxylic acids is 1. The van der Waals surface area contributed by atoms with Crippen LogP contribution in [0.2, 0.25) is 0 Å². The first-order valence-electron chi connectivity index (χ1n) is 11.0. The number of nitrogens with one attached hydrogen (secondary N) is 1.